The van der Waals surface area contributed by atoms with Crippen LogP contribution in [0.2, 0.25) is 15.1 Å². The number of imide groups is 1. The number of hydrogen-bond acceptors (Lipinski definition) is 4. The lowest BCUT2D eigenvalue weighted by Crippen LogP contribution is -2.37. The summed E-state index contributed by atoms with van der Waals surface area (Å²) in [5, 5.41) is 2.17. The summed E-state index contributed by atoms with van der Waals surface area (Å²) in [5.41, 5.74) is 1.23. The van der Waals surface area contributed by atoms with Gasteiger partial charge in [0.05, 0.1) is 11.8 Å². The van der Waals surface area contributed by atoms with Crippen molar-refractivity contribution in [1.82, 2.24) is 5.06 Å². The fourth-order valence-corrected chi connectivity index (χ4v) is 4.40. The first-order valence-electron chi connectivity index (χ1n) is 10.1. The molecule has 0 aliphatic carbocycles. The number of hydroxylamine groups is 2. The summed E-state index contributed by atoms with van der Waals surface area (Å²) >= 11 is 18.4. The summed E-state index contributed by atoms with van der Waals surface area (Å²) in [6, 6.07) is 21.3. The SMILES string of the molecule is O=C(CC(c1ccc(Cl)cc1)(c1ccc(Cl)cc1)c1ccc(Cl)cc1)ON1C(=O)CCC1=O. The summed E-state index contributed by atoms with van der Waals surface area (Å²) in [6.07, 6.45) is -0.166. The first-order valence-corrected chi connectivity index (χ1v) is 11.3. The molecule has 0 spiro atoms. The largest absolute Gasteiger partial charge is 0.334 e. The fourth-order valence-electron chi connectivity index (χ4n) is 4.02. The monoisotopic (exact) mass is 501 g/mol. The van der Waals surface area contributed by atoms with E-state index in [1.165, 1.54) is 0 Å². The lowest BCUT2D eigenvalue weighted by atomic mass is 9.67. The average molecular weight is 503 g/mol. The van der Waals surface area contributed by atoms with Crippen LogP contribution in [0.3, 0.4) is 0 Å². The molecule has 1 heterocycles. The molecule has 33 heavy (non-hydrogen) atoms. The molecule has 8 heteroatoms. The third-order valence-corrected chi connectivity index (χ3v) is 6.38. The van der Waals surface area contributed by atoms with E-state index in [9.17, 15) is 14.4 Å². The Labute approximate surface area is 205 Å². The zero-order valence-corrected chi connectivity index (χ0v) is 19.5. The lowest BCUT2D eigenvalue weighted by Gasteiger charge is -2.35. The summed E-state index contributed by atoms with van der Waals surface area (Å²) in [5.74, 6) is -1.81. The van der Waals surface area contributed by atoms with Crippen molar-refractivity contribution in [3.63, 3.8) is 0 Å². The number of carbonyl (C=O) groups excluding carboxylic acids is 3. The first-order chi connectivity index (χ1) is 15.8. The van der Waals surface area contributed by atoms with Crippen molar-refractivity contribution >= 4 is 52.6 Å². The van der Waals surface area contributed by atoms with E-state index in [0.29, 0.717) is 20.1 Å². The fraction of sp³-hybridized carbons (Fsp3) is 0.160. The van der Waals surface area contributed by atoms with Gasteiger partial charge in [-0.15, -0.1) is 5.06 Å². The molecule has 168 valence electrons. The summed E-state index contributed by atoms with van der Waals surface area (Å²) in [7, 11) is 0. The van der Waals surface area contributed by atoms with Gasteiger partial charge in [-0.25, -0.2) is 4.79 Å². The third-order valence-electron chi connectivity index (χ3n) is 5.62. The topological polar surface area (TPSA) is 63.7 Å². The van der Waals surface area contributed by atoms with E-state index in [1.807, 2.05) is 36.4 Å². The van der Waals surface area contributed by atoms with Crippen LogP contribution in [-0.2, 0) is 24.6 Å². The van der Waals surface area contributed by atoms with Crippen molar-refractivity contribution in [1.29, 1.82) is 0 Å². The highest BCUT2D eigenvalue weighted by atomic mass is 35.5. The number of benzene rings is 3. The molecule has 3 aromatic rings. The number of halogens is 3. The van der Waals surface area contributed by atoms with Crippen LogP contribution < -0.4 is 0 Å². The maximum Gasteiger partial charge on any atom is 0.334 e. The van der Waals surface area contributed by atoms with Crippen molar-refractivity contribution in [2.75, 3.05) is 0 Å². The molecule has 0 aromatic heterocycles. The molecule has 0 saturated carbocycles. The van der Waals surface area contributed by atoms with Gasteiger partial charge < -0.3 is 4.84 Å². The highest BCUT2D eigenvalue weighted by molar-refractivity contribution is 6.31. The number of amides is 2. The van der Waals surface area contributed by atoms with Gasteiger partial charge in [-0.1, -0.05) is 71.2 Å². The molecule has 2 amide bonds. The van der Waals surface area contributed by atoms with E-state index in [2.05, 4.69) is 0 Å². The van der Waals surface area contributed by atoms with Crippen molar-refractivity contribution < 1.29 is 19.2 Å². The number of nitrogens with zero attached hydrogens (tertiary/aromatic N) is 1. The number of rotatable bonds is 6. The Bertz CT molecular complexity index is 1060. The van der Waals surface area contributed by atoms with Gasteiger partial charge in [-0.2, -0.15) is 0 Å². The van der Waals surface area contributed by atoms with Crippen molar-refractivity contribution in [3.05, 3.63) is 105 Å². The quantitative estimate of drug-likeness (QED) is 0.307. The Hall–Kier alpha value is -2.86. The van der Waals surface area contributed by atoms with Crippen LogP contribution in [0.15, 0.2) is 72.8 Å². The van der Waals surface area contributed by atoms with Crippen LogP contribution in [0.4, 0.5) is 0 Å². The second kappa shape index (κ2) is 9.56. The maximum atomic E-state index is 13.2. The Morgan fingerprint density at radius 3 is 1.36 bits per heavy atom. The highest BCUT2D eigenvalue weighted by Gasteiger charge is 2.41. The van der Waals surface area contributed by atoms with Gasteiger partial charge in [-0.05, 0) is 53.1 Å². The minimum atomic E-state index is -1.04. The normalized spacial score (nSPS) is 14.0. The Kier molecular flexibility index (Phi) is 6.75. The van der Waals surface area contributed by atoms with E-state index in [1.54, 1.807) is 36.4 Å². The molecular formula is C25H18Cl3NO4. The summed E-state index contributed by atoms with van der Waals surface area (Å²) < 4.78 is 0. The van der Waals surface area contributed by atoms with Gasteiger partial charge in [0, 0.05) is 27.9 Å². The first kappa shape index (κ1) is 23.3. The van der Waals surface area contributed by atoms with Crippen LogP contribution in [0.25, 0.3) is 0 Å². The Morgan fingerprint density at radius 1 is 0.697 bits per heavy atom. The average Bonchev–Trinajstić information content (AvgIpc) is 3.11. The van der Waals surface area contributed by atoms with Crippen LogP contribution in [0.5, 0.6) is 0 Å². The van der Waals surface area contributed by atoms with Gasteiger partial charge in [0.1, 0.15) is 0 Å². The lowest BCUT2D eigenvalue weighted by molar-refractivity contribution is -0.198. The zero-order valence-electron chi connectivity index (χ0n) is 17.3. The van der Waals surface area contributed by atoms with Crippen LogP contribution in [0, 0.1) is 0 Å². The molecule has 0 bridgehead atoms. The van der Waals surface area contributed by atoms with Crippen LogP contribution in [0.1, 0.15) is 36.0 Å². The van der Waals surface area contributed by atoms with Gasteiger partial charge >= 0.3 is 5.97 Å². The Balaban J connectivity index is 1.86. The minimum absolute atomic E-state index is 0.0167. The van der Waals surface area contributed by atoms with Crippen LogP contribution in [-0.4, -0.2) is 22.8 Å². The third kappa shape index (κ3) is 4.76. The van der Waals surface area contributed by atoms with Gasteiger partial charge in [0.15, 0.2) is 0 Å². The molecule has 4 rings (SSSR count). The predicted octanol–water partition coefficient (Wildman–Crippen LogP) is 5.98. The standard InChI is InChI=1S/C25H18Cl3NO4/c26-19-7-1-16(2-8-19)25(17-3-9-20(27)10-4-17,18-5-11-21(28)12-6-18)15-24(32)33-29-22(30)13-14-23(29)31/h1-12H,13-15H2. The van der Waals surface area contributed by atoms with Crippen LogP contribution >= 0.6 is 34.8 Å². The van der Waals surface area contributed by atoms with E-state index in [0.717, 1.165) is 16.7 Å². The zero-order chi connectivity index (χ0) is 23.6. The van der Waals surface area contributed by atoms with Crippen molar-refractivity contribution in [2.45, 2.75) is 24.7 Å². The van der Waals surface area contributed by atoms with E-state index >= 15 is 0 Å². The number of hydrogen-bond donors (Lipinski definition) is 0. The van der Waals surface area contributed by atoms with Gasteiger partial charge in [0.2, 0.25) is 0 Å². The summed E-state index contributed by atoms with van der Waals surface area (Å²) in [6.45, 7) is 0. The molecule has 1 aliphatic heterocycles. The van der Waals surface area contributed by atoms with E-state index < -0.39 is 23.2 Å². The molecule has 1 saturated heterocycles. The molecule has 3 aromatic carbocycles. The smallest absolute Gasteiger partial charge is 0.330 e. The maximum absolute atomic E-state index is 13.2. The highest BCUT2D eigenvalue weighted by Crippen LogP contribution is 2.43. The second-order valence-corrected chi connectivity index (χ2v) is 8.96. The molecule has 0 N–H and O–H groups in total. The van der Waals surface area contributed by atoms with Gasteiger partial charge in [0.25, 0.3) is 11.8 Å². The molecular weight excluding hydrogens is 485 g/mol. The molecule has 0 atom stereocenters. The summed E-state index contributed by atoms with van der Waals surface area (Å²) in [4.78, 5) is 42.4. The van der Waals surface area contributed by atoms with Crippen molar-refractivity contribution in [2.24, 2.45) is 0 Å². The molecule has 1 aliphatic rings. The minimum Gasteiger partial charge on any atom is -0.330 e. The van der Waals surface area contributed by atoms with Gasteiger partial charge in [-0.3, -0.25) is 9.59 Å². The van der Waals surface area contributed by atoms with Crippen molar-refractivity contribution in [3.8, 4) is 0 Å². The molecule has 0 unspecified atom stereocenters. The van der Waals surface area contributed by atoms with E-state index in [4.69, 9.17) is 39.6 Å². The molecule has 0 radical (unpaired) electrons. The predicted molar refractivity (Wildman–Crippen MR) is 126 cm³/mol. The molecule has 5 nitrogen and oxygen atoms in total. The second-order valence-electron chi connectivity index (χ2n) is 7.65. The molecule has 1 fully saturated rings. The number of carbonyl (C=O) groups is 3. The Morgan fingerprint density at radius 2 is 1.03 bits per heavy atom. The van der Waals surface area contributed by atoms with E-state index in [-0.39, 0.29) is 19.3 Å².